The first-order chi connectivity index (χ1) is 6.28. The molecule has 70 valence electrons. The summed E-state index contributed by atoms with van der Waals surface area (Å²) in [5, 5.41) is 11.5. The van der Waals surface area contributed by atoms with E-state index in [1.165, 1.54) is 19.3 Å². The minimum Gasteiger partial charge on any atom is -0.424 e. The van der Waals surface area contributed by atoms with Gasteiger partial charge in [0.1, 0.15) is 0 Å². The lowest BCUT2D eigenvalue weighted by Crippen LogP contribution is -2.64. The Labute approximate surface area is 76.7 Å². The van der Waals surface area contributed by atoms with Crippen molar-refractivity contribution >= 4 is 0 Å². The molecule has 1 aromatic heterocycles. The molecule has 4 rings (SSSR count). The number of hydrogen-bond acceptors (Lipinski definition) is 4. The average molecular weight is 179 g/mol. The summed E-state index contributed by atoms with van der Waals surface area (Å²) in [6, 6.07) is 0.695. The van der Waals surface area contributed by atoms with Crippen molar-refractivity contribution in [2.45, 2.75) is 44.2 Å². The molecule has 2 bridgehead atoms. The normalized spacial score (nSPS) is 37.2. The molecule has 3 aliphatic rings. The van der Waals surface area contributed by atoms with Crippen LogP contribution in [0.3, 0.4) is 0 Å². The average Bonchev–Trinajstić information content (AvgIpc) is 2.52. The van der Waals surface area contributed by atoms with E-state index in [2.05, 4.69) is 15.5 Å². The minimum absolute atomic E-state index is 0.0458. The molecule has 2 aliphatic heterocycles. The van der Waals surface area contributed by atoms with Crippen molar-refractivity contribution in [3.05, 3.63) is 11.8 Å². The predicted molar refractivity (Wildman–Crippen MR) is 46.1 cm³/mol. The van der Waals surface area contributed by atoms with E-state index in [9.17, 15) is 0 Å². The third kappa shape index (κ3) is 0.950. The highest BCUT2D eigenvalue weighted by molar-refractivity contribution is 5.14. The Kier molecular flexibility index (Phi) is 1.34. The van der Waals surface area contributed by atoms with Gasteiger partial charge in [-0.05, 0) is 25.7 Å². The van der Waals surface area contributed by atoms with E-state index < -0.39 is 0 Å². The molecule has 2 atom stereocenters. The minimum atomic E-state index is 0.0458. The van der Waals surface area contributed by atoms with Crippen molar-refractivity contribution in [2.24, 2.45) is 0 Å². The highest BCUT2D eigenvalue weighted by Crippen LogP contribution is 2.44. The topological polar surface area (TPSA) is 51.0 Å². The summed E-state index contributed by atoms with van der Waals surface area (Å²) in [5.74, 6) is 1.46. The van der Waals surface area contributed by atoms with Crippen LogP contribution in [0.2, 0.25) is 0 Å². The summed E-state index contributed by atoms with van der Waals surface area (Å²) in [6.07, 6.45) is 4.90. The standard InChI is InChI=1S/C9H13N3O/c1-6-11-12-8(13-6)9-4-2-3-7(5-9)10-9/h7,10H,2-5H2,1H3/t7?,9-/m0/s1. The predicted octanol–water partition coefficient (Wildman–Crippen LogP) is 1.12. The first-order valence-electron chi connectivity index (χ1n) is 4.87. The summed E-state index contributed by atoms with van der Waals surface area (Å²) < 4.78 is 5.48. The quantitative estimate of drug-likeness (QED) is 0.701. The number of rotatable bonds is 1. The molecule has 0 aromatic carbocycles. The molecule has 1 aliphatic carbocycles. The second kappa shape index (κ2) is 2.32. The van der Waals surface area contributed by atoms with Crippen LogP contribution >= 0.6 is 0 Å². The lowest BCUT2D eigenvalue weighted by molar-refractivity contribution is 0.0425. The van der Waals surface area contributed by atoms with Crippen molar-refractivity contribution in [2.75, 3.05) is 0 Å². The summed E-state index contributed by atoms with van der Waals surface area (Å²) in [4.78, 5) is 0. The number of nitrogens with zero attached hydrogens (tertiary/aromatic N) is 2. The lowest BCUT2D eigenvalue weighted by Gasteiger charge is -2.51. The van der Waals surface area contributed by atoms with Crippen molar-refractivity contribution in [3.8, 4) is 0 Å². The number of piperidine rings is 1. The van der Waals surface area contributed by atoms with Gasteiger partial charge in [-0.1, -0.05) is 0 Å². The number of aromatic nitrogens is 2. The molecule has 3 fully saturated rings. The van der Waals surface area contributed by atoms with Gasteiger partial charge in [-0.3, -0.25) is 0 Å². The molecule has 1 saturated carbocycles. The van der Waals surface area contributed by atoms with Crippen LogP contribution in [0.4, 0.5) is 0 Å². The van der Waals surface area contributed by atoms with E-state index in [-0.39, 0.29) is 5.54 Å². The number of nitrogens with one attached hydrogen (secondary N) is 1. The molecule has 0 spiro atoms. The number of fused-ring (bicyclic) bond motifs is 2. The van der Waals surface area contributed by atoms with E-state index in [0.717, 1.165) is 12.3 Å². The van der Waals surface area contributed by atoms with E-state index in [1.807, 2.05) is 6.92 Å². The third-order valence-electron chi connectivity index (χ3n) is 3.17. The van der Waals surface area contributed by atoms with E-state index >= 15 is 0 Å². The Morgan fingerprint density at radius 1 is 1.54 bits per heavy atom. The van der Waals surface area contributed by atoms with Gasteiger partial charge >= 0.3 is 0 Å². The molecule has 1 N–H and O–H groups in total. The fraction of sp³-hybridized carbons (Fsp3) is 0.778. The molecule has 4 heteroatoms. The van der Waals surface area contributed by atoms with Crippen LogP contribution in [0, 0.1) is 6.92 Å². The summed E-state index contributed by atoms with van der Waals surface area (Å²) in [6.45, 7) is 1.84. The zero-order valence-electron chi connectivity index (χ0n) is 7.71. The molecule has 13 heavy (non-hydrogen) atoms. The highest BCUT2D eigenvalue weighted by atomic mass is 16.4. The molecule has 1 aromatic rings. The molecular formula is C9H13N3O. The Balaban J connectivity index is 1.92. The highest BCUT2D eigenvalue weighted by Gasteiger charge is 2.51. The van der Waals surface area contributed by atoms with Crippen molar-refractivity contribution < 1.29 is 4.42 Å². The Hall–Kier alpha value is -0.900. The second-order valence-corrected chi connectivity index (χ2v) is 4.15. The van der Waals surface area contributed by atoms with Crippen molar-refractivity contribution in [1.82, 2.24) is 15.5 Å². The van der Waals surface area contributed by atoms with Gasteiger partial charge in [0.15, 0.2) is 0 Å². The van der Waals surface area contributed by atoms with Crippen LogP contribution in [0.1, 0.15) is 37.5 Å². The molecule has 4 nitrogen and oxygen atoms in total. The van der Waals surface area contributed by atoms with Gasteiger partial charge < -0.3 is 9.73 Å². The molecule has 0 amide bonds. The summed E-state index contributed by atoms with van der Waals surface area (Å²) >= 11 is 0. The summed E-state index contributed by atoms with van der Waals surface area (Å²) in [7, 11) is 0. The van der Waals surface area contributed by atoms with Crippen LogP contribution in [0.25, 0.3) is 0 Å². The Bertz CT molecular complexity index is 322. The first-order valence-corrected chi connectivity index (χ1v) is 4.87. The monoisotopic (exact) mass is 179 g/mol. The SMILES string of the molecule is Cc1nnc([C@]23CCCC(C2)N3)o1. The number of aryl methyl sites for hydroxylation is 1. The van der Waals surface area contributed by atoms with Crippen LogP contribution in [-0.4, -0.2) is 16.2 Å². The van der Waals surface area contributed by atoms with Gasteiger partial charge in [0.05, 0.1) is 5.54 Å². The fourth-order valence-electron chi connectivity index (χ4n) is 2.53. The van der Waals surface area contributed by atoms with Gasteiger partial charge in [-0.15, -0.1) is 10.2 Å². The van der Waals surface area contributed by atoms with E-state index in [4.69, 9.17) is 4.42 Å². The maximum Gasteiger partial charge on any atom is 0.236 e. The van der Waals surface area contributed by atoms with E-state index in [0.29, 0.717) is 11.9 Å². The van der Waals surface area contributed by atoms with Gasteiger partial charge in [-0.2, -0.15) is 0 Å². The van der Waals surface area contributed by atoms with Crippen LogP contribution in [-0.2, 0) is 5.54 Å². The fourth-order valence-corrected chi connectivity index (χ4v) is 2.53. The Morgan fingerprint density at radius 2 is 2.38 bits per heavy atom. The smallest absolute Gasteiger partial charge is 0.236 e. The largest absolute Gasteiger partial charge is 0.424 e. The molecule has 0 radical (unpaired) electrons. The molecule has 2 saturated heterocycles. The van der Waals surface area contributed by atoms with E-state index in [1.54, 1.807) is 0 Å². The third-order valence-corrected chi connectivity index (χ3v) is 3.17. The second-order valence-electron chi connectivity index (χ2n) is 4.15. The molecule has 1 unspecified atom stereocenters. The van der Waals surface area contributed by atoms with Crippen molar-refractivity contribution in [3.63, 3.8) is 0 Å². The van der Waals surface area contributed by atoms with Gasteiger partial charge in [0.25, 0.3) is 0 Å². The summed E-state index contributed by atoms with van der Waals surface area (Å²) in [5.41, 5.74) is 0.0458. The number of hydrogen-bond donors (Lipinski definition) is 1. The van der Waals surface area contributed by atoms with Crippen molar-refractivity contribution in [1.29, 1.82) is 0 Å². The maximum absolute atomic E-state index is 5.48. The maximum atomic E-state index is 5.48. The van der Waals surface area contributed by atoms with Crippen LogP contribution in [0.5, 0.6) is 0 Å². The lowest BCUT2D eigenvalue weighted by atomic mass is 9.70. The van der Waals surface area contributed by atoms with Gasteiger partial charge in [0, 0.05) is 13.0 Å². The van der Waals surface area contributed by atoms with Crippen LogP contribution in [0.15, 0.2) is 4.42 Å². The molecule has 3 heterocycles. The first kappa shape index (κ1) is 7.50. The zero-order chi connectivity index (χ0) is 8.89. The zero-order valence-corrected chi connectivity index (χ0v) is 7.71. The molecular weight excluding hydrogens is 166 g/mol. The van der Waals surface area contributed by atoms with Gasteiger partial charge in [0.2, 0.25) is 11.8 Å². The van der Waals surface area contributed by atoms with Gasteiger partial charge in [-0.25, -0.2) is 0 Å². The van der Waals surface area contributed by atoms with Crippen LogP contribution < -0.4 is 5.32 Å². The Morgan fingerprint density at radius 3 is 2.92 bits per heavy atom.